The predicted octanol–water partition coefficient (Wildman–Crippen LogP) is 2.61. The van der Waals surface area contributed by atoms with E-state index in [9.17, 15) is 0 Å². The van der Waals surface area contributed by atoms with E-state index in [-0.39, 0.29) is 21.6 Å². The topological polar surface area (TPSA) is 57.2 Å². The number of halogens is 2. The van der Waals surface area contributed by atoms with E-state index in [2.05, 4.69) is 57.8 Å². The Balaban J connectivity index is 1.64. The van der Waals surface area contributed by atoms with Gasteiger partial charge in [0, 0.05) is 43.3 Å². The van der Waals surface area contributed by atoms with Crippen LogP contribution in [0.25, 0.3) is 0 Å². The van der Waals surface area contributed by atoms with Crippen LogP contribution < -0.4 is 10.2 Å². The van der Waals surface area contributed by atoms with E-state index in [0.717, 1.165) is 26.2 Å². The minimum Gasteiger partial charge on any atom is -0.338 e. The number of piperazine rings is 1. The Bertz CT molecular complexity index is 562. The molecular weight excluding hydrogens is 347 g/mol. The maximum Gasteiger partial charge on any atom is 0.231 e. The molecule has 24 heavy (non-hydrogen) atoms. The van der Waals surface area contributed by atoms with E-state index < -0.39 is 0 Å². The molecule has 134 valence electrons. The van der Waals surface area contributed by atoms with Crippen LogP contribution >= 0.6 is 23.2 Å². The molecule has 2 fully saturated rings. The Morgan fingerprint density at radius 3 is 1.88 bits per heavy atom. The highest BCUT2D eigenvalue weighted by molar-refractivity contribution is 6.31. The molecule has 0 atom stereocenters. The van der Waals surface area contributed by atoms with E-state index in [1.54, 1.807) is 0 Å². The SMILES string of the molecule is CC1(C)CC(N2CCN(c3nc(Cl)nc(Cl)n3)CC2)CC(C)(C)N1. The van der Waals surface area contributed by atoms with Gasteiger partial charge in [0.2, 0.25) is 16.5 Å². The summed E-state index contributed by atoms with van der Waals surface area (Å²) in [5.41, 5.74) is 0.331. The summed E-state index contributed by atoms with van der Waals surface area (Å²) < 4.78 is 0. The summed E-state index contributed by atoms with van der Waals surface area (Å²) in [6.07, 6.45) is 2.33. The van der Waals surface area contributed by atoms with Gasteiger partial charge in [0.25, 0.3) is 0 Å². The number of aromatic nitrogens is 3. The summed E-state index contributed by atoms with van der Waals surface area (Å²) >= 11 is 11.8. The van der Waals surface area contributed by atoms with Gasteiger partial charge in [0.05, 0.1) is 0 Å². The molecule has 0 aliphatic carbocycles. The quantitative estimate of drug-likeness (QED) is 0.860. The molecule has 3 rings (SSSR count). The molecule has 0 bridgehead atoms. The van der Waals surface area contributed by atoms with Crippen LogP contribution in [0.1, 0.15) is 40.5 Å². The van der Waals surface area contributed by atoms with E-state index in [0.29, 0.717) is 12.0 Å². The first-order valence-electron chi connectivity index (χ1n) is 8.49. The lowest BCUT2D eigenvalue weighted by Gasteiger charge is -2.51. The highest BCUT2D eigenvalue weighted by atomic mass is 35.5. The van der Waals surface area contributed by atoms with Crippen LogP contribution in [-0.4, -0.2) is 63.2 Å². The zero-order chi connectivity index (χ0) is 17.5. The monoisotopic (exact) mass is 372 g/mol. The molecule has 2 aliphatic rings. The molecule has 0 unspecified atom stereocenters. The summed E-state index contributed by atoms with van der Waals surface area (Å²) in [7, 11) is 0. The molecule has 3 heterocycles. The standard InChI is InChI=1S/C16H26Cl2N6/c1-15(2)9-11(10-16(3,4)22-15)23-5-7-24(8-6-23)14-20-12(17)19-13(18)21-14/h11,22H,5-10H2,1-4H3. The Morgan fingerprint density at radius 1 is 0.875 bits per heavy atom. The number of nitrogens with one attached hydrogen (secondary N) is 1. The van der Waals surface area contributed by atoms with Crippen LogP contribution in [0.15, 0.2) is 0 Å². The molecule has 0 spiro atoms. The average Bonchev–Trinajstić information content (AvgIpc) is 2.43. The van der Waals surface area contributed by atoms with Crippen LogP contribution in [0.2, 0.25) is 10.6 Å². The van der Waals surface area contributed by atoms with Gasteiger partial charge < -0.3 is 10.2 Å². The molecule has 8 heteroatoms. The number of nitrogens with zero attached hydrogens (tertiary/aromatic N) is 5. The highest BCUT2D eigenvalue weighted by Gasteiger charge is 2.40. The summed E-state index contributed by atoms with van der Waals surface area (Å²) in [4.78, 5) is 16.9. The van der Waals surface area contributed by atoms with Gasteiger partial charge in [0.1, 0.15) is 0 Å². The molecule has 0 aromatic carbocycles. The largest absolute Gasteiger partial charge is 0.338 e. The van der Waals surface area contributed by atoms with Crippen molar-refractivity contribution in [3.8, 4) is 0 Å². The first kappa shape index (κ1) is 18.1. The number of anilines is 1. The number of hydrogen-bond donors (Lipinski definition) is 1. The summed E-state index contributed by atoms with van der Waals surface area (Å²) in [5.74, 6) is 0.575. The number of hydrogen-bond acceptors (Lipinski definition) is 6. The number of piperidine rings is 1. The molecule has 6 nitrogen and oxygen atoms in total. The lowest BCUT2D eigenvalue weighted by molar-refractivity contribution is 0.0625. The zero-order valence-electron chi connectivity index (χ0n) is 14.8. The third-order valence-electron chi connectivity index (χ3n) is 4.85. The van der Waals surface area contributed by atoms with Crippen molar-refractivity contribution in [2.75, 3.05) is 31.1 Å². The van der Waals surface area contributed by atoms with E-state index in [1.807, 2.05) is 0 Å². The van der Waals surface area contributed by atoms with Gasteiger partial charge in [-0.15, -0.1) is 0 Å². The summed E-state index contributed by atoms with van der Waals surface area (Å²) in [5, 5.41) is 4.05. The Labute approximate surface area is 153 Å². The van der Waals surface area contributed by atoms with Crippen molar-refractivity contribution in [3.05, 3.63) is 10.6 Å². The Morgan fingerprint density at radius 2 is 1.38 bits per heavy atom. The normalized spacial score (nSPS) is 25.0. The smallest absolute Gasteiger partial charge is 0.231 e. The second-order valence-electron chi connectivity index (χ2n) is 8.15. The molecule has 2 aliphatic heterocycles. The van der Waals surface area contributed by atoms with Gasteiger partial charge in [-0.05, 0) is 63.7 Å². The molecule has 1 N–H and O–H groups in total. The minimum absolute atomic E-state index is 0.147. The van der Waals surface area contributed by atoms with E-state index in [1.165, 1.54) is 12.8 Å². The minimum atomic E-state index is 0.147. The second-order valence-corrected chi connectivity index (χ2v) is 8.83. The molecular formula is C16H26Cl2N6. The third-order valence-corrected chi connectivity index (χ3v) is 5.19. The van der Waals surface area contributed by atoms with Gasteiger partial charge in [-0.25, -0.2) is 0 Å². The molecule has 0 radical (unpaired) electrons. The fourth-order valence-electron chi connectivity index (χ4n) is 4.27. The van der Waals surface area contributed by atoms with Gasteiger partial charge in [-0.2, -0.15) is 15.0 Å². The average molecular weight is 373 g/mol. The van der Waals surface area contributed by atoms with Gasteiger partial charge in [-0.3, -0.25) is 4.90 Å². The van der Waals surface area contributed by atoms with E-state index >= 15 is 0 Å². The lowest BCUT2D eigenvalue weighted by Crippen LogP contribution is -2.64. The van der Waals surface area contributed by atoms with Crippen LogP contribution in [0, 0.1) is 0 Å². The highest BCUT2D eigenvalue weighted by Crippen LogP contribution is 2.32. The van der Waals surface area contributed by atoms with Gasteiger partial charge >= 0.3 is 0 Å². The van der Waals surface area contributed by atoms with Crippen molar-refractivity contribution in [1.29, 1.82) is 0 Å². The van der Waals surface area contributed by atoms with Crippen LogP contribution in [0.3, 0.4) is 0 Å². The molecule has 0 saturated carbocycles. The zero-order valence-corrected chi connectivity index (χ0v) is 16.3. The molecule has 1 aromatic heterocycles. The fourth-order valence-corrected chi connectivity index (χ4v) is 4.63. The van der Waals surface area contributed by atoms with Crippen molar-refractivity contribution >= 4 is 29.2 Å². The van der Waals surface area contributed by atoms with Crippen molar-refractivity contribution in [3.63, 3.8) is 0 Å². The Kier molecular flexibility index (Phi) is 4.95. The first-order valence-corrected chi connectivity index (χ1v) is 9.25. The maximum absolute atomic E-state index is 5.89. The van der Waals surface area contributed by atoms with Gasteiger partial charge in [-0.1, -0.05) is 0 Å². The van der Waals surface area contributed by atoms with Crippen molar-refractivity contribution in [1.82, 2.24) is 25.2 Å². The molecule has 2 saturated heterocycles. The van der Waals surface area contributed by atoms with Crippen molar-refractivity contribution in [2.24, 2.45) is 0 Å². The fraction of sp³-hybridized carbons (Fsp3) is 0.812. The molecule has 0 amide bonds. The summed E-state index contributed by atoms with van der Waals surface area (Å²) in [6, 6.07) is 0.601. The molecule has 1 aromatic rings. The van der Waals surface area contributed by atoms with Crippen molar-refractivity contribution < 1.29 is 0 Å². The number of rotatable bonds is 2. The second kappa shape index (κ2) is 6.56. The Hall–Kier alpha value is -0.690. The van der Waals surface area contributed by atoms with Crippen molar-refractivity contribution in [2.45, 2.75) is 57.7 Å². The van der Waals surface area contributed by atoms with Crippen LogP contribution in [0.4, 0.5) is 5.95 Å². The van der Waals surface area contributed by atoms with Gasteiger partial charge in [0.15, 0.2) is 0 Å². The first-order chi connectivity index (χ1) is 11.1. The van der Waals surface area contributed by atoms with E-state index in [4.69, 9.17) is 23.2 Å². The summed E-state index contributed by atoms with van der Waals surface area (Å²) in [6.45, 7) is 12.9. The lowest BCUT2D eigenvalue weighted by atomic mass is 9.79. The van der Waals surface area contributed by atoms with Crippen LogP contribution in [-0.2, 0) is 0 Å². The predicted molar refractivity (Wildman–Crippen MR) is 97.9 cm³/mol. The van der Waals surface area contributed by atoms with Crippen LogP contribution in [0.5, 0.6) is 0 Å². The third kappa shape index (κ3) is 4.28. The maximum atomic E-state index is 5.89.